The van der Waals surface area contributed by atoms with Gasteiger partial charge in [-0.25, -0.2) is 9.59 Å². The van der Waals surface area contributed by atoms with Crippen LogP contribution < -0.4 is 4.90 Å². The van der Waals surface area contributed by atoms with Crippen LogP contribution in [0.2, 0.25) is 0 Å². The molecule has 0 aliphatic carbocycles. The molecule has 1 N–H and O–H groups in total. The Morgan fingerprint density at radius 1 is 0.677 bits per heavy atom. The normalized spacial score (nSPS) is 10.3. The summed E-state index contributed by atoms with van der Waals surface area (Å²) in [4.78, 5) is 25.7. The second kappa shape index (κ2) is 10.2. The number of hydrogen-bond acceptors (Lipinski definition) is 5. The van der Waals surface area contributed by atoms with Gasteiger partial charge in [-0.3, -0.25) is 10.3 Å². The molecule has 0 atom stereocenters. The maximum absolute atomic E-state index is 12.0. The molecule has 3 rings (SSSR count). The van der Waals surface area contributed by atoms with Crippen LogP contribution >= 0.6 is 0 Å². The SMILES string of the molecule is CCOC(=O)c1ccc(N(C(=N)c2ccccc2)c2ccc(C(=O)OCC)cc2)cc1. The van der Waals surface area contributed by atoms with Crippen molar-refractivity contribution in [3.05, 3.63) is 95.6 Å². The van der Waals surface area contributed by atoms with E-state index in [1.54, 1.807) is 67.3 Å². The van der Waals surface area contributed by atoms with Crippen LogP contribution in [0.5, 0.6) is 0 Å². The molecule has 6 nitrogen and oxygen atoms in total. The van der Waals surface area contributed by atoms with Crippen molar-refractivity contribution in [1.82, 2.24) is 0 Å². The summed E-state index contributed by atoms with van der Waals surface area (Å²) in [6.07, 6.45) is 0. The van der Waals surface area contributed by atoms with Crippen LogP contribution in [0.15, 0.2) is 78.9 Å². The van der Waals surface area contributed by atoms with Gasteiger partial charge in [-0.05, 0) is 62.4 Å². The van der Waals surface area contributed by atoms with Crippen molar-refractivity contribution in [1.29, 1.82) is 5.41 Å². The molecular weight excluding hydrogens is 392 g/mol. The minimum absolute atomic E-state index is 0.258. The summed E-state index contributed by atoms with van der Waals surface area (Å²) in [5.41, 5.74) is 3.01. The molecule has 0 amide bonds. The lowest BCUT2D eigenvalue weighted by atomic mass is 10.1. The maximum atomic E-state index is 12.0. The van der Waals surface area contributed by atoms with E-state index in [1.165, 1.54) is 0 Å². The molecule has 3 aromatic carbocycles. The summed E-state index contributed by atoms with van der Waals surface area (Å²) in [5, 5.41) is 8.81. The molecule has 0 radical (unpaired) electrons. The fourth-order valence-electron chi connectivity index (χ4n) is 3.05. The van der Waals surface area contributed by atoms with E-state index in [4.69, 9.17) is 14.9 Å². The van der Waals surface area contributed by atoms with Gasteiger partial charge in [-0.2, -0.15) is 0 Å². The van der Waals surface area contributed by atoms with Gasteiger partial charge in [0.15, 0.2) is 0 Å². The van der Waals surface area contributed by atoms with Gasteiger partial charge < -0.3 is 9.47 Å². The minimum Gasteiger partial charge on any atom is -0.462 e. The van der Waals surface area contributed by atoms with Crippen LogP contribution in [0.25, 0.3) is 0 Å². The number of nitrogens with zero attached hydrogens (tertiary/aromatic N) is 1. The van der Waals surface area contributed by atoms with Crippen molar-refractivity contribution in [3.63, 3.8) is 0 Å². The van der Waals surface area contributed by atoms with E-state index >= 15 is 0 Å². The molecule has 0 fully saturated rings. The van der Waals surface area contributed by atoms with Gasteiger partial charge >= 0.3 is 11.9 Å². The molecule has 0 aliphatic heterocycles. The van der Waals surface area contributed by atoms with E-state index in [0.29, 0.717) is 35.7 Å². The van der Waals surface area contributed by atoms with E-state index in [-0.39, 0.29) is 5.84 Å². The molecule has 3 aromatic rings. The van der Waals surface area contributed by atoms with Crippen molar-refractivity contribution < 1.29 is 19.1 Å². The lowest BCUT2D eigenvalue weighted by molar-refractivity contribution is 0.0517. The predicted molar refractivity (Wildman–Crippen MR) is 120 cm³/mol. The molecule has 158 valence electrons. The molecule has 0 saturated carbocycles. The van der Waals surface area contributed by atoms with Gasteiger partial charge in [0, 0.05) is 16.9 Å². The number of carbonyl (C=O) groups is 2. The van der Waals surface area contributed by atoms with Gasteiger partial charge in [-0.1, -0.05) is 30.3 Å². The number of benzene rings is 3. The van der Waals surface area contributed by atoms with E-state index in [9.17, 15) is 9.59 Å². The maximum Gasteiger partial charge on any atom is 0.338 e. The van der Waals surface area contributed by atoms with Crippen LogP contribution in [0, 0.1) is 5.41 Å². The Morgan fingerprint density at radius 2 is 1.10 bits per heavy atom. The summed E-state index contributed by atoms with van der Waals surface area (Å²) in [7, 11) is 0. The summed E-state index contributed by atoms with van der Waals surface area (Å²) in [6, 6.07) is 23.1. The van der Waals surface area contributed by atoms with Crippen LogP contribution in [0.4, 0.5) is 11.4 Å². The zero-order valence-electron chi connectivity index (χ0n) is 17.5. The summed E-state index contributed by atoms with van der Waals surface area (Å²) in [6.45, 7) is 4.13. The van der Waals surface area contributed by atoms with Gasteiger partial charge in [0.2, 0.25) is 0 Å². The highest BCUT2D eigenvalue weighted by Crippen LogP contribution is 2.28. The van der Waals surface area contributed by atoms with Gasteiger partial charge in [0.1, 0.15) is 5.84 Å². The monoisotopic (exact) mass is 416 g/mol. The smallest absolute Gasteiger partial charge is 0.338 e. The zero-order chi connectivity index (χ0) is 22.2. The summed E-state index contributed by atoms with van der Waals surface area (Å²) in [5.74, 6) is -0.525. The van der Waals surface area contributed by atoms with E-state index in [0.717, 1.165) is 5.56 Å². The fourth-order valence-corrected chi connectivity index (χ4v) is 3.05. The number of amidine groups is 1. The standard InChI is InChI=1S/C25H24N2O4/c1-3-30-24(28)19-10-14-21(15-11-19)27(23(26)18-8-6-5-7-9-18)22-16-12-20(13-17-22)25(29)31-4-2/h5-17,26H,3-4H2,1-2H3. The first kappa shape index (κ1) is 21.8. The van der Waals surface area contributed by atoms with E-state index in [1.807, 2.05) is 30.3 Å². The molecule has 0 aliphatic rings. The van der Waals surface area contributed by atoms with Gasteiger partial charge in [0.05, 0.1) is 24.3 Å². The molecule has 0 spiro atoms. The third-order valence-electron chi connectivity index (χ3n) is 4.54. The Labute approximate surface area is 181 Å². The molecule has 0 unspecified atom stereocenters. The number of anilines is 2. The first-order chi connectivity index (χ1) is 15.0. The number of carbonyl (C=O) groups excluding carboxylic acids is 2. The zero-order valence-corrected chi connectivity index (χ0v) is 17.5. The highest BCUT2D eigenvalue weighted by Gasteiger charge is 2.18. The molecule has 0 aromatic heterocycles. The van der Waals surface area contributed by atoms with Crippen LogP contribution in [-0.4, -0.2) is 31.0 Å². The topological polar surface area (TPSA) is 79.7 Å². The average Bonchev–Trinajstić information content (AvgIpc) is 2.81. The van der Waals surface area contributed by atoms with E-state index in [2.05, 4.69) is 0 Å². The summed E-state index contributed by atoms with van der Waals surface area (Å²) < 4.78 is 10.1. The second-order valence-electron chi connectivity index (χ2n) is 6.58. The number of rotatable bonds is 7. The van der Waals surface area contributed by atoms with Crippen molar-refractivity contribution in [2.75, 3.05) is 18.1 Å². The first-order valence-electron chi connectivity index (χ1n) is 10.0. The lowest BCUT2D eigenvalue weighted by Gasteiger charge is -2.26. The Bertz CT molecular complexity index is 984. The number of ether oxygens (including phenoxy) is 2. The largest absolute Gasteiger partial charge is 0.462 e. The highest BCUT2D eigenvalue weighted by molar-refractivity contribution is 6.12. The average molecular weight is 416 g/mol. The summed E-state index contributed by atoms with van der Waals surface area (Å²) >= 11 is 0. The predicted octanol–water partition coefficient (Wildman–Crippen LogP) is 5.20. The Kier molecular flexibility index (Phi) is 7.17. The Morgan fingerprint density at radius 3 is 1.48 bits per heavy atom. The van der Waals surface area contributed by atoms with Crippen molar-refractivity contribution >= 4 is 29.1 Å². The molecule has 0 saturated heterocycles. The van der Waals surface area contributed by atoms with Crippen LogP contribution in [0.3, 0.4) is 0 Å². The van der Waals surface area contributed by atoms with Crippen LogP contribution in [0.1, 0.15) is 40.1 Å². The quantitative estimate of drug-likeness (QED) is 0.325. The second-order valence-corrected chi connectivity index (χ2v) is 6.58. The molecule has 0 bridgehead atoms. The third-order valence-corrected chi connectivity index (χ3v) is 4.54. The fraction of sp³-hybridized carbons (Fsp3) is 0.160. The van der Waals surface area contributed by atoms with Crippen molar-refractivity contribution in [2.24, 2.45) is 0 Å². The lowest BCUT2D eigenvalue weighted by Crippen LogP contribution is -2.26. The Hall–Kier alpha value is -3.93. The molecule has 31 heavy (non-hydrogen) atoms. The van der Waals surface area contributed by atoms with Gasteiger partial charge in [-0.15, -0.1) is 0 Å². The number of hydrogen-bond donors (Lipinski definition) is 1. The molecular formula is C25H24N2O4. The first-order valence-corrected chi connectivity index (χ1v) is 10.0. The number of esters is 2. The van der Waals surface area contributed by atoms with Crippen LogP contribution in [-0.2, 0) is 9.47 Å². The Balaban J connectivity index is 1.98. The van der Waals surface area contributed by atoms with Crippen molar-refractivity contribution in [3.8, 4) is 0 Å². The van der Waals surface area contributed by atoms with Gasteiger partial charge in [0.25, 0.3) is 0 Å². The third kappa shape index (κ3) is 5.17. The highest BCUT2D eigenvalue weighted by atomic mass is 16.5. The molecule has 0 heterocycles. The number of nitrogens with one attached hydrogen (secondary N) is 1. The van der Waals surface area contributed by atoms with E-state index < -0.39 is 11.9 Å². The van der Waals surface area contributed by atoms with Crippen molar-refractivity contribution in [2.45, 2.75) is 13.8 Å². The minimum atomic E-state index is -0.391. The molecule has 6 heteroatoms.